The highest BCUT2D eigenvalue weighted by molar-refractivity contribution is 5.91. The van der Waals surface area contributed by atoms with Crippen molar-refractivity contribution in [1.82, 2.24) is 4.98 Å². The number of carbonyl (C=O) groups excluding carboxylic acids is 1. The molecule has 142 valence electrons. The predicted octanol–water partition coefficient (Wildman–Crippen LogP) is 2.38. The van der Waals surface area contributed by atoms with E-state index in [1.54, 1.807) is 0 Å². The third-order valence-corrected chi connectivity index (χ3v) is 3.63. The first kappa shape index (κ1) is 18.7. The third kappa shape index (κ3) is 5.45. The molecule has 2 N–H and O–H groups in total. The van der Waals surface area contributed by atoms with Gasteiger partial charge in [0.15, 0.2) is 18.7 Å². The number of nitrogens with zero attached hydrogens (tertiary/aromatic N) is 1. The number of oxazole rings is 1. The number of ether oxygens (including phenoxy) is 1. The fourth-order valence-corrected chi connectivity index (χ4v) is 2.54. The minimum absolute atomic E-state index is 0.138. The summed E-state index contributed by atoms with van der Waals surface area (Å²) >= 11 is 0. The van der Waals surface area contributed by atoms with Crippen LogP contribution in [0.15, 0.2) is 52.9 Å². The summed E-state index contributed by atoms with van der Waals surface area (Å²) in [7, 11) is 1.81. The highest BCUT2D eigenvalue weighted by atomic mass is 19.4. The molecule has 0 fully saturated rings. The van der Waals surface area contributed by atoms with Crippen molar-refractivity contribution in [2.24, 2.45) is 0 Å². The SMILES string of the molecule is C[NH+](CC(=O)Nc1ccc(OC(F)(F)F)cc1)Cc1nc2ccccc2o1. The summed E-state index contributed by atoms with van der Waals surface area (Å²) in [4.78, 5) is 17.3. The number of hydrogen-bond donors (Lipinski definition) is 2. The van der Waals surface area contributed by atoms with Gasteiger partial charge in [-0.2, -0.15) is 0 Å². The first-order valence-electron chi connectivity index (χ1n) is 8.10. The number of alkyl halides is 3. The lowest BCUT2D eigenvalue weighted by molar-refractivity contribution is -0.886. The average molecular weight is 380 g/mol. The van der Waals surface area contributed by atoms with E-state index in [1.807, 2.05) is 31.3 Å². The first-order valence-corrected chi connectivity index (χ1v) is 8.10. The van der Waals surface area contributed by atoms with Crippen LogP contribution in [-0.4, -0.2) is 30.8 Å². The zero-order valence-electron chi connectivity index (χ0n) is 14.3. The van der Waals surface area contributed by atoms with E-state index in [2.05, 4.69) is 15.0 Å². The number of amides is 1. The molecule has 1 atom stereocenters. The van der Waals surface area contributed by atoms with E-state index in [1.165, 1.54) is 12.1 Å². The van der Waals surface area contributed by atoms with Gasteiger partial charge < -0.3 is 19.4 Å². The Hall–Kier alpha value is -3.07. The number of carbonyl (C=O) groups is 1. The van der Waals surface area contributed by atoms with Gasteiger partial charge in [-0.1, -0.05) is 12.1 Å². The Kier molecular flexibility index (Phi) is 5.31. The maximum absolute atomic E-state index is 12.1. The van der Waals surface area contributed by atoms with Crippen LogP contribution >= 0.6 is 0 Å². The Balaban J connectivity index is 1.52. The summed E-state index contributed by atoms with van der Waals surface area (Å²) in [5, 5.41) is 2.63. The quantitative estimate of drug-likeness (QED) is 0.689. The van der Waals surface area contributed by atoms with Crippen LogP contribution in [0.2, 0.25) is 0 Å². The monoisotopic (exact) mass is 380 g/mol. The van der Waals surface area contributed by atoms with Crippen molar-refractivity contribution < 1.29 is 32.0 Å². The van der Waals surface area contributed by atoms with Crippen molar-refractivity contribution in [3.05, 3.63) is 54.4 Å². The lowest BCUT2D eigenvalue weighted by Gasteiger charge is -2.12. The second kappa shape index (κ2) is 7.67. The zero-order chi connectivity index (χ0) is 19.4. The molecule has 3 rings (SSSR count). The molecule has 3 aromatic rings. The van der Waals surface area contributed by atoms with Crippen molar-refractivity contribution in [2.45, 2.75) is 12.9 Å². The highest BCUT2D eigenvalue weighted by Gasteiger charge is 2.31. The van der Waals surface area contributed by atoms with E-state index in [-0.39, 0.29) is 18.2 Å². The summed E-state index contributed by atoms with van der Waals surface area (Å²) < 4.78 is 45.8. The largest absolute Gasteiger partial charge is 0.573 e. The van der Waals surface area contributed by atoms with Crippen LogP contribution in [0.5, 0.6) is 5.75 Å². The number of halogens is 3. The Bertz CT molecular complexity index is 890. The van der Waals surface area contributed by atoms with Crippen molar-refractivity contribution in [3.8, 4) is 5.75 Å². The lowest BCUT2D eigenvalue weighted by atomic mass is 10.3. The van der Waals surface area contributed by atoms with Crippen molar-refractivity contribution in [2.75, 3.05) is 18.9 Å². The maximum atomic E-state index is 12.1. The van der Waals surface area contributed by atoms with Crippen molar-refractivity contribution in [1.29, 1.82) is 0 Å². The van der Waals surface area contributed by atoms with Crippen LogP contribution in [0.25, 0.3) is 11.1 Å². The number of likely N-dealkylation sites (N-methyl/N-ethyl adjacent to an activating group) is 1. The minimum Gasteiger partial charge on any atom is -0.435 e. The number of anilines is 1. The standard InChI is InChI=1S/C18H16F3N3O3/c1-24(11-17-23-14-4-2-3-5-15(14)26-17)10-16(25)22-12-6-8-13(9-7-12)27-18(19,20)21/h2-9H,10-11H2,1H3,(H,22,25)/p+1. The van der Waals surface area contributed by atoms with Gasteiger partial charge in [-0.25, -0.2) is 4.98 Å². The Morgan fingerprint density at radius 1 is 1.19 bits per heavy atom. The molecule has 0 aliphatic carbocycles. The number of aromatic nitrogens is 1. The van der Waals surface area contributed by atoms with Gasteiger partial charge in [-0.05, 0) is 36.4 Å². The number of rotatable bonds is 6. The first-order chi connectivity index (χ1) is 12.8. The van der Waals surface area contributed by atoms with Gasteiger partial charge in [0.25, 0.3) is 11.8 Å². The third-order valence-electron chi connectivity index (χ3n) is 3.63. The van der Waals surface area contributed by atoms with Gasteiger partial charge in [0.2, 0.25) is 0 Å². The zero-order valence-corrected chi connectivity index (χ0v) is 14.3. The number of hydrogen-bond acceptors (Lipinski definition) is 4. The molecule has 0 saturated heterocycles. The fraction of sp³-hybridized carbons (Fsp3) is 0.222. The molecule has 27 heavy (non-hydrogen) atoms. The molecule has 0 spiro atoms. The van der Waals surface area contributed by atoms with Gasteiger partial charge in [-0.15, -0.1) is 13.2 Å². The molecule has 0 saturated carbocycles. The van der Waals surface area contributed by atoms with Crippen LogP contribution < -0.4 is 15.0 Å². The Morgan fingerprint density at radius 3 is 2.56 bits per heavy atom. The molecule has 0 aliphatic rings. The lowest BCUT2D eigenvalue weighted by Crippen LogP contribution is -3.08. The Morgan fingerprint density at radius 2 is 1.89 bits per heavy atom. The van der Waals surface area contributed by atoms with E-state index in [9.17, 15) is 18.0 Å². The van der Waals surface area contributed by atoms with Gasteiger partial charge in [0, 0.05) is 5.69 Å². The molecule has 1 amide bonds. The second-order valence-corrected chi connectivity index (χ2v) is 6.01. The molecule has 0 radical (unpaired) electrons. The number of para-hydroxylation sites is 2. The van der Waals surface area contributed by atoms with Gasteiger partial charge in [0.05, 0.1) is 7.05 Å². The fourth-order valence-electron chi connectivity index (χ4n) is 2.54. The molecular formula is C18H17F3N3O3+. The molecule has 1 heterocycles. The van der Waals surface area contributed by atoms with Gasteiger partial charge in [-0.3, -0.25) is 4.79 Å². The van der Waals surface area contributed by atoms with E-state index >= 15 is 0 Å². The van der Waals surface area contributed by atoms with Crippen molar-refractivity contribution >= 4 is 22.7 Å². The van der Waals surface area contributed by atoms with E-state index in [4.69, 9.17) is 4.42 Å². The summed E-state index contributed by atoms with van der Waals surface area (Å²) in [5.74, 6) is -0.109. The molecule has 1 unspecified atom stereocenters. The average Bonchev–Trinajstić information content (AvgIpc) is 2.97. The van der Waals surface area contributed by atoms with Crippen LogP contribution in [-0.2, 0) is 11.3 Å². The smallest absolute Gasteiger partial charge is 0.435 e. The number of benzene rings is 2. The summed E-state index contributed by atoms with van der Waals surface area (Å²) in [6.45, 7) is 0.556. The molecule has 1 aromatic heterocycles. The molecule has 9 heteroatoms. The topological polar surface area (TPSA) is 68.8 Å². The van der Waals surface area contributed by atoms with Crippen LogP contribution in [0.4, 0.5) is 18.9 Å². The molecule has 2 aromatic carbocycles. The van der Waals surface area contributed by atoms with Gasteiger partial charge >= 0.3 is 6.36 Å². The normalized spacial score (nSPS) is 12.7. The van der Waals surface area contributed by atoms with E-state index in [0.717, 1.165) is 22.5 Å². The maximum Gasteiger partial charge on any atom is 0.573 e. The van der Waals surface area contributed by atoms with E-state index in [0.29, 0.717) is 23.7 Å². The summed E-state index contributed by atoms with van der Waals surface area (Å²) in [5.41, 5.74) is 1.82. The number of quaternary nitrogens is 1. The second-order valence-electron chi connectivity index (χ2n) is 6.01. The molecule has 0 bridgehead atoms. The summed E-state index contributed by atoms with van der Waals surface area (Å²) in [6, 6.07) is 12.3. The van der Waals surface area contributed by atoms with Crippen molar-refractivity contribution in [3.63, 3.8) is 0 Å². The molecule has 0 aliphatic heterocycles. The summed E-state index contributed by atoms with van der Waals surface area (Å²) in [6.07, 6.45) is -4.75. The molecule has 6 nitrogen and oxygen atoms in total. The highest BCUT2D eigenvalue weighted by Crippen LogP contribution is 2.23. The van der Waals surface area contributed by atoms with Gasteiger partial charge in [0.1, 0.15) is 11.3 Å². The molecular weight excluding hydrogens is 363 g/mol. The van der Waals surface area contributed by atoms with Crippen LogP contribution in [0.3, 0.4) is 0 Å². The van der Waals surface area contributed by atoms with Crippen LogP contribution in [0, 0.1) is 0 Å². The Labute approximate surface area is 152 Å². The van der Waals surface area contributed by atoms with E-state index < -0.39 is 6.36 Å². The number of nitrogens with one attached hydrogen (secondary N) is 2. The number of fused-ring (bicyclic) bond motifs is 1. The minimum atomic E-state index is -4.75. The predicted molar refractivity (Wildman–Crippen MR) is 91.2 cm³/mol. The van der Waals surface area contributed by atoms with Crippen LogP contribution in [0.1, 0.15) is 5.89 Å².